The van der Waals surface area contributed by atoms with Crippen LogP contribution in [0.5, 0.6) is 0 Å². The third kappa shape index (κ3) is 6.34. The van der Waals surface area contributed by atoms with Crippen molar-refractivity contribution in [3.05, 3.63) is 65.7 Å². The van der Waals surface area contributed by atoms with Gasteiger partial charge in [-0.05, 0) is 43.6 Å². The molecule has 1 aliphatic rings. The second-order valence-corrected chi connectivity index (χ2v) is 8.75. The highest BCUT2D eigenvalue weighted by molar-refractivity contribution is 8.00. The predicted molar refractivity (Wildman–Crippen MR) is 127 cm³/mol. The van der Waals surface area contributed by atoms with Gasteiger partial charge in [0.1, 0.15) is 0 Å². The zero-order valence-corrected chi connectivity index (χ0v) is 19.4. The Labute approximate surface area is 190 Å². The van der Waals surface area contributed by atoms with E-state index in [4.69, 9.17) is 0 Å². The molecule has 5 nitrogen and oxygen atoms in total. The summed E-state index contributed by atoms with van der Waals surface area (Å²) in [6.07, 6.45) is 2.18. The first kappa shape index (κ1) is 23.4. The van der Waals surface area contributed by atoms with Crippen LogP contribution in [0.1, 0.15) is 48.7 Å². The first-order chi connectivity index (χ1) is 15.1. The number of rotatable bonds is 10. The summed E-state index contributed by atoms with van der Waals surface area (Å²) in [5.41, 5.74) is 1.83. The number of likely N-dealkylation sites (N-methyl/N-ethyl adjacent to an activating group) is 1. The Balaban J connectivity index is 1.65. The highest BCUT2D eigenvalue weighted by Crippen LogP contribution is 2.25. The van der Waals surface area contributed by atoms with Gasteiger partial charge in [0.05, 0.1) is 17.4 Å². The van der Waals surface area contributed by atoms with Crippen LogP contribution in [0, 0.1) is 0 Å². The maximum Gasteiger partial charge on any atom is 0.252 e. The standard InChI is InChI=1S/C25H33N3O2S/c1-3-27(4-2)22(20-12-6-5-7-13-20)18-26-25(30)21-14-8-9-15-23(21)31-19-24(29)28-16-10-11-17-28/h5-9,12-15,22H,3-4,10-11,16-19H2,1-2H3,(H,26,30)/t22-/m0/s1. The molecule has 1 heterocycles. The number of hydrogen-bond donors (Lipinski definition) is 1. The monoisotopic (exact) mass is 439 g/mol. The Bertz CT molecular complexity index is 849. The molecule has 0 bridgehead atoms. The fourth-order valence-corrected chi connectivity index (χ4v) is 5.01. The lowest BCUT2D eigenvalue weighted by molar-refractivity contribution is -0.127. The van der Waals surface area contributed by atoms with E-state index >= 15 is 0 Å². The van der Waals surface area contributed by atoms with E-state index in [0.29, 0.717) is 17.9 Å². The second kappa shape index (κ2) is 11.9. The van der Waals surface area contributed by atoms with Gasteiger partial charge in [0, 0.05) is 24.5 Å². The number of carbonyl (C=O) groups excluding carboxylic acids is 2. The minimum Gasteiger partial charge on any atom is -0.350 e. The van der Waals surface area contributed by atoms with E-state index in [2.05, 4.69) is 36.2 Å². The van der Waals surface area contributed by atoms with Crippen molar-refractivity contribution in [3.63, 3.8) is 0 Å². The van der Waals surface area contributed by atoms with Crippen molar-refractivity contribution in [2.75, 3.05) is 38.5 Å². The molecule has 0 aliphatic carbocycles. The molecule has 0 saturated carbocycles. The number of nitrogens with zero attached hydrogens (tertiary/aromatic N) is 2. The molecule has 1 saturated heterocycles. The molecule has 0 unspecified atom stereocenters. The quantitative estimate of drug-likeness (QED) is 0.564. The highest BCUT2D eigenvalue weighted by Gasteiger charge is 2.21. The Morgan fingerprint density at radius 3 is 2.32 bits per heavy atom. The van der Waals surface area contributed by atoms with Crippen LogP contribution in [0.15, 0.2) is 59.5 Å². The summed E-state index contributed by atoms with van der Waals surface area (Å²) >= 11 is 1.45. The molecule has 1 fully saturated rings. The van der Waals surface area contributed by atoms with Crippen molar-refractivity contribution in [2.24, 2.45) is 0 Å². The van der Waals surface area contributed by atoms with Crippen molar-refractivity contribution in [3.8, 4) is 0 Å². The molecule has 2 aromatic carbocycles. The molecule has 1 N–H and O–H groups in total. The number of amides is 2. The van der Waals surface area contributed by atoms with E-state index in [1.807, 2.05) is 47.4 Å². The summed E-state index contributed by atoms with van der Waals surface area (Å²) in [6.45, 7) is 8.36. The van der Waals surface area contributed by atoms with E-state index in [1.165, 1.54) is 17.3 Å². The maximum atomic E-state index is 13.1. The van der Waals surface area contributed by atoms with Crippen LogP contribution in [0.4, 0.5) is 0 Å². The molecule has 0 aromatic heterocycles. The van der Waals surface area contributed by atoms with E-state index in [0.717, 1.165) is 43.9 Å². The summed E-state index contributed by atoms with van der Waals surface area (Å²) in [4.78, 5) is 30.6. The van der Waals surface area contributed by atoms with Gasteiger partial charge >= 0.3 is 0 Å². The van der Waals surface area contributed by atoms with Gasteiger partial charge in [0.25, 0.3) is 5.91 Å². The van der Waals surface area contributed by atoms with Crippen molar-refractivity contribution in [2.45, 2.75) is 37.6 Å². The molecule has 2 aromatic rings. The fourth-order valence-electron chi connectivity index (χ4n) is 4.06. The number of carbonyl (C=O) groups is 2. The molecule has 3 rings (SSSR count). The lowest BCUT2D eigenvalue weighted by Gasteiger charge is -2.30. The summed E-state index contributed by atoms with van der Waals surface area (Å²) in [5.74, 6) is 0.435. The molecular formula is C25H33N3O2S. The van der Waals surface area contributed by atoms with Crippen LogP contribution in [0.3, 0.4) is 0 Å². The van der Waals surface area contributed by atoms with Gasteiger partial charge in [0.15, 0.2) is 0 Å². The van der Waals surface area contributed by atoms with Crippen molar-refractivity contribution in [1.82, 2.24) is 15.1 Å². The SMILES string of the molecule is CCN(CC)[C@@H](CNC(=O)c1ccccc1SCC(=O)N1CCCC1)c1ccccc1. The third-order valence-electron chi connectivity index (χ3n) is 5.84. The molecule has 6 heteroatoms. The van der Waals surface area contributed by atoms with Gasteiger partial charge in [-0.2, -0.15) is 0 Å². The van der Waals surface area contributed by atoms with Crippen LogP contribution < -0.4 is 5.32 Å². The van der Waals surface area contributed by atoms with Gasteiger partial charge in [-0.1, -0.05) is 56.3 Å². The minimum atomic E-state index is -0.0928. The fraction of sp³-hybridized carbons (Fsp3) is 0.440. The first-order valence-corrected chi connectivity index (χ1v) is 12.2. The topological polar surface area (TPSA) is 52.7 Å². The van der Waals surface area contributed by atoms with Gasteiger partial charge in [0.2, 0.25) is 5.91 Å². The molecular weight excluding hydrogens is 406 g/mol. The van der Waals surface area contributed by atoms with E-state index < -0.39 is 0 Å². The number of thioether (sulfide) groups is 1. The Hall–Kier alpha value is -2.31. The Morgan fingerprint density at radius 2 is 1.65 bits per heavy atom. The van der Waals surface area contributed by atoms with Gasteiger partial charge in [-0.15, -0.1) is 11.8 Å². The lowest BCUT2D eigenvalue weighted by atomic mass is 10.0. The van der Waals surface area contributed by atoms with Crippen molar-refractivity contribution in [1.29, 1.82) is 0 Å². The average molecular weight is 440 g/mol. The summed E-state index contributed by atoms with van der Waals surface area (Å²) in [5, 5.41) is 3.14. The maximum absolute atomic E-state index is 13.1. The van der Waals surface area contributed by atoms with Gasteiger partial charge < -0.3 is 10.2 Å². The van der Waals surface area contributed by atoms with Gasteiger partial charge in [-0.3, -0.25) is 14.5 Å². The van der Waals surface area contributed by atoms with Crippen LogP contribution in [0.2, 0.25) is 0 Å². The predicted octanol–water partition coefficient (Wildman–Crippen LogP) is 4.21. The molecule has 0 spiro atoms. The zero-order chi connectivity index (χ0) is 22.1. The van der Waals surface area contributed by atoms with Crippen LogP contribution in [-0.4, -0.2) is 60.1 Å². The van der Waals surface area contributed by atoms with Crippen LogP contribution in [-0.2, 0) is 4.79 Å². The van der Waals surface area contributed by atoms with E-state index in [-0.39, 0.29) is 17.9 Å². The number of likely N-dealkylation sites (tertiary alicyclic amines) is 1. The number of hydrogen-bond acceptors (Lipinski definition) is 4. The average Bonchev–Trinajstić information content (AvgIpc) is 3.36. The normalized spacial score (nSPS) is 14.6. The van der Waals surface area contributed by atoms with Crippen molar-refractivity contribution >= 4 is 23.6 Å². The molecule has 1 aliphatic heterocycles. The second-order valence-electron chi connectivity index (χ2n) is 7.73. The number of benzene rings is 2. The lowest BCUT2D eigenvalue weighted by Crippen LogP contribution is -2.38. The van der Waals surface area contributed by atoms with Crippen molar-refractivity contribution < 1.29 is 9.59 Å². The van der Waals surface area contributed by atoms with Crippen LogP contribution in [0.25, 0.3) is 0 Å². The highest BCUT2D eigenvalue weighted by atomic mass is 32.2. The van der Waals surface area contributed by atoms with Gasteiger partial charge in [-0.25, -0.2) is 0 Å². The van der Waals surface area contributed by atoms with E-state index in [1.54, 1.807) is 0 Å². The first-order valence-electron chi connectivity index (χ1n) is 11.2. The Kier molecular flexibility index (Phi) is 8.98. The largest absolute Gasteiger partial charge is 0.350 e. The molecule has 2 amide bonds. The summed E-state index contributed by atoms with van der Waals surface area (Å²) in [7, 11) is 0. The Morgan fingerprint density at radius 1 is 1.00 bits per heavy atom. The molecule has 1 atom stereocenters. The summed E-state index contributed by atoms with van der Waals surface area (Å²) in [6, 6.07) is 18.0. The molecule has 31 heavy (non-hydrogen) atoms. The third-order valence-corrected chi connectivity index (χ3v) is 6.89. The zero-order valence-electron chi connectivity index (χ0n) is 18.5. The van der Waals surface area contributed by atoms with Crippen LogP contribution >= 0.6 is 11.8 Å². The number of nitrogens with one attached hydrogen (secondary N) is 1. The molecule has 166 valence electrons. The smallest absolute Gasteiger partial charge is 0.252 e. The molecule has 0 radical (unpaired) electrons. The summed E-state index contributed by atoms with van der Waals surface area (Å²) < 4.78 is 0. The minimum absolute atomic E-state index is 0.0928. The van der Waals surface area contributed by atoms with E-state index in [9.17, 15) is 9.59 Å².